The maximum atomic E-state index is 12.9. The Labute approximate surface area is 88.7 Å². The van der Waals surface area contributed by atoms with Gasteiger partial charge in [-0.05, 0) is 12.1 Å². The second-order valence-corrected chi connectivity index (χ2v) is 3.28. The van der Waals surface area contributed by atoms with Crippen molar-refractivity contribution < 1.29 is 19.4 Å². The van der Waals surface area contributed by atoms with Gasteiger partial charge in [-0.2, -0.15) is 0 Å². The molecule has 3 nitrogen and oxygen atoms in total. The van der Waals surface area contributed by atoms with Gasteiger partial charge in [-0.15, -0.1) is 0 Å². The monoisotopic (exact) mass is 238 g/mol. The molecule has 0 heterocycles. The van der Waals surface area contributed by atoms with Crippen LogP contribution in [0.4, 0.5) is 4.39 Å². The zero-order valence-electron chi connectivity index (χ0n) is 6.67. The van der Waals surface area contributed by atoms with Gasteiger partial charge in [0.15, 0.2) is 6.10 Å². The van der Waals surface area contributed by atoms with Crippen molar-refractivity contribution in [1.82, 2.24) is 0 Å². The predicted molar refractivity (Wildman–Crippen MR) is 49.0 cm³/mol. The van der Waals surface area contributed by atoms with Crippen molar-refractivity contribution >= 4 is 29.2 Å². The normalized spacial score (nSPS) is 12.6. The summed E-state index contributed by atoms with van der Waals surface area (Å²) in [5.74, 6) is -2.37. The first kappa shape index (κ1) is 11.2. The second kappa shape index (κ2) is 4.13. The quantitative estimate of drug-likeness (QED) is 0.778. The van der Waals surface area contributed by atoms with Crippen LogP contribution in [0, 0.1) is 5.82 Å². The van der Waals surface area contributed by atoms with Crippen molar-refractivity contribution in [2.75, 3.05) is 0 Å². The Morgan fingerprint density at radius 1 is 1.43 bits per heavy atom. The van der Waals surface area contributed by atoms with E-state index in [4.69, 9.17) is 33.4 Å². The highest BCUT2D eigenvalue weighted by atomic mass is 35.5. The highest BCUT2D eigenvalue weighted by Gasteiger charge is 2.23. The van der Waals surface area contributed by atoms with E-state index in [0.29, 0.717) is 0 Å². The number of hydrogen-bond acceptors (Lipinski definition) is 2. The van der Waals surface area contributed by atoms with Gasteiger partial charge in [0.1, 0.15) is 5.82 Å². The summed E-state index contributed by atoms with van der Waals surface area (Å²) in [6.45, 7) is 0. The number of carboxylic acid groups (broad SMARTS) is 1. The molecule has 1 aromatic rings. The first-order chi connectivity index (χ1) is 6.45. The average molecular weight is 239 g/mol. The third-order valence-electron chi connectivity index (χ3n) is 1.59. The van der Waals surface area contributed by atoms with Gasteiger partial charge in [-0.1, -0.05) is 23.2 Å². The van der Waals surface area contributed by atoms with Crippen LogP contribution < -0.4 is 0 Å². The lowest BCUT2D eigenvalue weighted by atomic mass is 10.1. The molecule has 14 heavy (non-hydrogen) atoms. The molecule has 0 aliphatic heterocycles. The molecular weight excluding hydrogens is 234 g/mol. The highest BCUT2D eigenvalue weighted by Crippen LogP contribution is 2.32. The summed E-state index contributed by atoms with van der Waals surface area (Å²) in [6, 6.07) is 2.12. The molecule has 76 valence electrons. The third-order valence-corrected chi connectivity index (χ3v) is 2.30. The van der Waals surface area contributed by atoms with E-state index in [9.17, 15) is 9.18 Å². The van der Waals surface area contributed by atoms with Crippen molar-refractivity contribution in [2.24, 2.45) is 0 Å². The Kier molecular flexibility index (Phi) is 3.31. The topological polar surface area (TPSA) is 57.5 Å². The Hall–Kier alpha value is -0.840. The lowest BCUT2D eigenvalue weighted by Gasteiger charge is -2.10. The number of hydrogen-bond donors (Lipinski definition) is 2. The molecule has 1 rings (SSSR count). The second-order valence-electron chi connectivity index (χ2n) is 2.50. The van der Waals surface area contributed by atoms with Crippen LogP contribution in [0.1, 0.15) is 11.7 Å². The van der Waals surface area contributed by atoms with Crippen LogP contribution in [0.5, 0.6) is 0 Å². The molecular formula is C8H5Cl2FO3. The summed E-state index contributed by atoms with van der Waals surface area (Å²) < 4.78 is 12.9. The first-order valence-electron chi connectivity index (χ1n) is 3.49. The molecule has 0 aliphatic rings. The molecule has 0 saturated heterocycles. The summed E-state index contributed by atoms with van der Waals surface area (Å²) >= 11 is 11.0. The fraction of sp³-hybridized carbons (Fsp3) is 0.125. The minimum absolute atomic E-state index is 0.0914. The number of carboxylic acids is 1. The molecule has 0 spiro atoms. The number of rotatable bonds is 2. The van der Waals surface area contributed by atoms with Crippen LogP contribution in [0.2, 0.25) is 10.0 Å². The van der Waals surface area contributed by atoms with Crippen molar-refractivity contribution in [1.29, 1.82) is 0 Å². The maximum Gasteiger partial charge on any atom is 0.337 e. The standard InChI is InChI=1S/C8H5Cl2FO3/c9-3-1-2-4(11)6(10)5(3)7(12)8(13)14/h1-2,7,12H,(H,13,14)/t7-/m0/s1. The number of aliphatic carboxylic acids is 1. The molecule has 1 atom stereocenters. The van der Waals surface area contributed by atoms with E-state index < -0.39 is 22.9 Å². The maximum absolute atomic E-state index is 12.9. The minimum Gasteiger partial charge on any atom is -0.479 e. The molecule has 1 aromatic carbocycles. The van der Waals surface area contributed by atoms with E-state index in [-0.39, 0.29) is 10.6 Å². The summed E-state index contributed by atoms with van der Waals surface area (Å²) in [5.41, 5.74) is -0.333. The predicted octanol–water partition coefficient (Wildman–Crippen LogP) is 2.25. The van der Waals surface area contributed by atoms with Crippen molar-refractivity contribution in [3.63, 3.8) is 0 Å². The molecule has 0 amide bonds. The van der Waals surface area contributed by atoms with Crippen LogP contribution in [-0.4, -0.2) is 16.2 Å². The van der Waals surface area contributed by atoms with Crippen LogP contribution in [-0.2, 0) is 4.79 Å². The molecule has 0 bridgehead atoms. The van der Waals surface area contributed by atoms with Gasteiger partial charge in [0, 0.05) is 10.6 Å². The van der Waals surface area contributed by atoms with Crippen LogP contribution in [0.3, 0.4) is 0 Å². The molecule has 0 fully saturated rings. The van der Waals surface area contributed by atoms with E-state index in [1.807, 2.05) is 0 Å². The molecule has 0 radical (unpaired) electrons. The van der Waals surface area contributed by atoms with Crippen molar-refractivity contribution in [2.45, 2.75) is 6.10 Å². The molecule has 0 aromatic heterocycles. The summed E-state index contributed by atoms with van der Waals surface area (Å²) in [4.78, 5) is 10.4. The molecule has 0 unspecified atom stereocenters. The molecule has 0 saturated carbocycles. The Morgan fingerprint density at radius 3 is 2.50 bits per heavy atom. The fourth-order valence-electron chi connectivity index (χ4n) is 0.917. The summed E-state index contributed by atoms with van der Waals surface area (Å²) in [6.07, 6.45) is -1.93. The van der Waals surface area contributed by atoms with Gasteiger partial charge in [-0.25, -0.2) is 9.18 Å². The van der Waals surface area contributed by atoms with E-state index in [1.165, 1.54) is 0 Å². The number of aliphatic hydroxyl groups is 1. The Balaban J connectivity index is 3.32. The first-order valence-corrected chi connectivity index (χ1v) is 4.25. The summed E-state index contributed by atoms with van der Waals surface area (Å²) in [7, 11) is 0. The van der Waals surface area contributed by atoms with Crippen LogP contribution in [0.15, 0.2) is 12.1 Å². The Bertz CT molecular complexity index is 381. The zero-order valence-corrected chi connectivity index (χ0v) is 8.18. The van der Waals surface area contributed by atoms with Gasteiger partial charge in [0.25, 0.3) is 0 Å². The van der Waals surface area contributed by atoms with Gasteiger partial charge in [0.2, 0.25) is 0 Å². The van der Waals surface area contributed by atoms with E-state index in [2.05, 4.69) is 0 Å². The van der Waals surface area contributed by atoms with Gasteiger partial charge in [-0.3, -0.25) is 0 Å². The van der Waals surface area contributed by atoms with Crippen LogP contribution >= 0.6 is 23.2 Å². The van der Waals surface area contributed by atoms with E-state index in [1.54, 1.807) is 0 Å². The van der Waals surface area contributed by atoms with Gasteiger partial charge >= 0.3 is 5.97 Å². The smallest absolute Gasteiger partial charge is 0.337 e. The number of carbonyl (C=O) groups is 1. The lowest BCUT2D eigenvalue weighted by Crippen LogP contribution is -2.12. The molecule has 6 heteroatoms. The van der Waals surface area contributed by atoms with E-state index in [0.717, 1.165) is 12.1 Å². The largest absolute Gasteiger partial charge is 0.479 e. The van der Waals surface area contributed by atoms with Gasteiger partial charge in [0.05, 0.1) is 5.02 Å². The lowest BCUT2D eigenvalue weighted by molar-refractivity contribution is -0.146. The molecule has 0 aliphatic carbocycles. The summed E-state index contributed by atoms with van der Waals surface area (Å²) in [5, 5.41) is 17.1. The Morgan fingerprint density at radius 2 is 2.00 bits per heavy atom. The van der Waals surface area contributed by atoms with Crippen molar-refractivity contribution in [3.05, 3.63) is 33.6 Å². The van der Waals surface area contributed by atoms with Crippen LogP contribution in [0.25, 0.3) is 0 Å². The zero-order chi connectivity index (χ0) is 10.9. The van der Waals surface area contributed by atoms with Gasteiger partial charge < -0.3 is 10.2 Å². The fourth-order valence-corrected chi connectivity index (χ4v) is 1.49. The highest BCUT2D eigenvalue weighted by molar-refractivity contribution is 6.36. The SMILES string of the molecule is O=C(O)[C@@H](O)c1c(Cl)ccc(F)c1Cl. The minimum atomic E-state index is -1.93. The number of aliphatic hydroxyl groups excluding tert-OH is 1. The molecule has 2 N–H and O–H groups in total. The third kappa shape index (κ3) is 1.97. The number of halogens is 3. The number of benzene rings is 1. The van der Waals surface area contributed by atoms with Crippen molar-refractivity contribution in [3.8, 4) is 0 Å². The van der Waals surface area contributed by atoms with E-state index >= 15 is 0 Å². The average Bonchev–Trinajstić information content (AvgIpc) is 2.12.